The lowest BCUT2D eigenvalue weighted by Crippen LogP contribution is -2.15. The molecule has 1 heterocycles. The van der Waals surface area contributed by atoms with Gasteiger partial charge in [0.15, 0.2) is 0 Å². The number of anilines is 1. The summed E-state index contributed by atoms with van der Waals surface area (Å²) >= 11 is 1.43. The van der Waals surface area contributed by atoms with E-state index in [0.717, 1.165) is 5.01 Å². The Bertz CT molecular complexity index is 583. The van der Waals surface area contributed by atoms with Crippen LogP contribution in [-0.4, -0.2) is 10.9 Å². The summed E-state index contributed by atoms with van der Waals surface area (Å²) in [5.74, 6) is -0.613. The summed E-state index contributed by atoms with van der Waals surface area (Å²) < 4.78 is 13.0. The summed E-state index contributed by atoms with van der Waals surface area (Å²) in [6.07, 6.45) is 0.153. The number of hydrogen-bond acceptors (Lipinski definition) is 4. The fourth-order valence-electron chi connectivity index (χ4n) is 1.55. The third-order valence-electron chi connectivity index (χ3n) is 2.41. The summed E-state index contributed by atoms with van der Waals surface area (Å²) in [5, 5.41) is 5.23. The van der Waals surface area contributed by atoms with Crippen molar-refractivity contribution in [3.8, 4) is 0 Å². The molecule has 0 fully saturated rings. The second-order valence-electron chi connectivity index (χ2n) is 4.20. The van der Waals surface area contributed by atoms with E-state index in [9.17, 15) is 9.18 Å². The van der Waals surface area contributed by atoms with Gasteiger partial charge in [0.05, 0.1) is 18.2 Å². The average Bonchev–Trinajstić information content (AvgIpc) is 2.77. The van der Waals surface area contributed by atoms with Gasteiger partial charge in [-0.2, -0.15) is 0 Å². The van der Waals surface area contributed by atoms with Crippen molar-refractivity contribution in [3.63, 3.8) is 0 Å². The third kappa shape index (κ3) is 3.84. The number of thiazole rings is 1. The summed E-state index contributed by atoms with van der Waals surface area (Å²) in [5.41, 5.74) is 6.81. The van der Waals surface area contributed by atoms with Crippen LogP contribution in [0.3, 0.4) is 0 Å². The standard InChI is InChI=1S/C13H14FN3OS/c1-8(15)13-17-11(7-19-13)6-12(18)16-10-4-2-3-9(14)5-10/h2-5,7-8H,6,15H2,1H3,(H,16,18). The Kier molecular flexibility index (Phi) is 4.24. The third-order valence-corrected chi connectivity index (χ3v) is 3.50. The number of nitrogens with two attached hydrogens (primary N) is 1. The number of aromatic nitrogens is 1. The normalized spacial score (nSPS) is 12.2. The van der Waals surface area contributed by atoms with Crippen molar-refractivity contribution in [2.75, 3.05) is 5.32 Å². The van der Waals surface area contributed by atoms with Crippen LogP contribution in [0, 0.1) is 5.82 Å². The van der Waals surface area contributed by atoms with Crippen LogP contribution >= 0.6 is 11.3 Å². The summed E-state index contributed by atoms with van der Waals surface area (Å²) in [7, 11) is 0. The molecule has 0 spiro atoms. The Morgan fingerprint density at radius 3 is 3.00 bits per heavy atom. The molecule has 3 N–H and O–H groups in total. The van der Waals surface area contributed by atoms with Crippen LogP contribution in [0.15, 0.2) is 29.6 Å². The van der Waals surface area contributed by atoms with Gasteiger partial charge in [-0.05, 0) is 25.1 Å². The second-order valence-corrected chi connectivity index (χ2v) is 5.09. The molecule has 0 aliphatic heterocycles. The van der Waals surface area contributed by atoms with Gasteiger partial charge in [-0.25, -0.2) is 9.37 Å². The molecule has 0 saturated heterocycles. The van der Waals surface area contributed by atoms with Crippen LogP contribution < -0.4 is 11.1 Å². The highest BCUT2D eigenvalue weighted by Crippen LogP contribution is 2.16. The topological polar surface area (TPSA) is 68.0 Å². The molecule has 1 unspecified atom stereocenters. The van der Waals surface area contributed by atoms with Gasteiger partial charge in [0.25, 0.3) is 0 Å². The molecule has 1 atom stereocenters. The molecule has 2 rings (SSSR count). The number of nitrogens with one attached hydrogen (secondary N) is 1. The van der Waals surface area contributed by atoms with Gasteiger partial charge in [0.1, 0.15) is 10.8 Å². The molecule has 2 aromatic rings. The quantitative estimate of drug-likeness (QED) is 0.903. The van der Waals surface area contributed by atoms with Gasteiger partial charge in [-0.1, -0.05) is 6.07 Å². The van der Waals surface area contributed by atoms with Crippen molar-refractivity contribution in [1.82, 2.24) is 4.98 Å². The molecule has 4 nitrogen and oxygen atoms in total. The number of benzene rings is 1. The first-order valence-electron chi connectivity index (χ1n) is 5.80. The van der Waals surface area contributed by atoms with Crippen LogP contribution in [0.1, 0.15) is 23.7 Å². The highest BCUT2D eigenvalue weighted by atomic mass is 32.1. The maximum Gasteiger partial charge on any atom is 0.230 e. The molecule has 1 aromatic carbocycles. The van der Waals surface area contributed by atoms with E-state index in [1.165, 1.54) is 23.5 Å². The minimum atomic E-state index is -0.384. The zero-order valence-corrected chi connectivity index (χ0v) is 11.2. The largest absolute Gasteiger partial charge is 0.326 e. The molecule has 0 saturated carbocycles. The number of hydrogen-bond donors (Lipinski definition) is 2. The van der Waals surface area contributed by atoms with E-state index in [-0.39, 0.29) is 24.2 Å². The molecule has 0 radical (unpaired) electrons. The highest BCUT2D eigenvalue weighted by molar-refractivity contribution is 7.09. The molecule has 0 aliphatic carbocycles. The second kappa shape index (κ2) is 5.90. The van der Waals surface area contributed by atoms with E-state index in [1.807, 2.05) is 12.3 Å². The zero-order valence-electron chi connectivity index (χ0n) is 10.4. The van der Waals surface area contributed by atoms with Gasteiger partial charge in [-0.3, -0.25) is 4.79 Å². The molecule has 100 valence electrons. The molecule has 1 aromatic heterocycles. The van der Waals surface area contributed by atoms with Gasteiger partial charge < -0.3 is 11.1 Å². The Morgan fingerprint density at radius 1 is 1.58 bits per heavy atom. The molecule has 6 heteroatoms. The molecule has 0 aliphatic rings. The van der Waals surface area contributed by atoms with Crippen molar-refractivity contribution in [2.45, 2.75) is 19.4 Å². The molecular weight excluding hydrogens is 265 g/mol. The number of halogens is 1. The Hall–Kier alpha value is -1.79. The maximum atomic E-state index is 13.0. The van der Waals surface area contributed by atoms with Crippen LogP contribution in [0.25, 0.3) is 0 Å². The van der Waals surface area contributed by atoms with Crippen molar-refractivity contribution in [1.29, 1.82) is 0 Å². The zero-order chi connectivity index (χ0) is 13.8. The predicted octanol–water partition coefficient (Wildman–Crippen LogP) is 2.48. The van der Waals surface area contributed by atoms with Crippen molar-refractivity contribution in [2.24, 2.45) is 5.73 Å². The lowest BCUT2D eigenvalue weighted by Gasteiger charge is -2.03. The first-order chi connectivity index (χ1) is 9.04. The summed E-state index contributed by atoms with van der Waals surface area (Å²) in [4.78, 5) is 16.0. The molecule has 0 bridgehead atoms. The number of carbonyl (C=O) groups is 1. The van der Waals surface area contributed by atoms with Crippen molar-refractivity contribution < 1.29 is 9.18 Å². The van der Waals surface area contributed by atoms with Gasteiger partial charge in [0, 0.05) is 11.1 Å². The van der Waals surface area contributed by atoms with Crippen LogP contribution in [0.5, 0.6) is 0 Å². The Labute approximate surface area is 114 Å². The first-order valence-corrected chi connectivity index (χ1v) is 6.68. The van der Waals surface area contributed by atoms with E-state index in [1.54, 1.807) is 12.1 Å². The van der Waals surface area contributed by atoms with Crippen molar-refractivity contribution >= 4 is 22.9 Å². The molecule has 19 heavy (non-hydrogen) atoms. The van der Waals surface area contributed by atoms with Crippen LogP contribution in [0.2, 0.25) is 0 Å². The number of rotatable bonds is 4. The van der Waals surface area contributed by atoms with Crippen LogP contribution in [0.4, 0.5) is 10.1 Å². The minimum absolute atomic E-state index is 0.134. The van der Waals surface area contributed by atoms with Gasteiger partial charge in [0.2, 0.25) is 5.91 Å². The maximum absolute atomic E-state index is 13.0. The lowest BCUT2D eigenvalue weighted by atomic mass is 10.2. The number of amides is 1. The number of nitrogens with zero attached hydrogens (tertiary/aromatic N) is 1. The van der Waals surface area contributed by atoms with E-state index in [0.29, 0.717) is 11.4 Å². The fraction of sp³-hybridized carbons (Fsp3) is 0.231. The average molecular weight is 279 g/mol. The van der Waals surface area contributed by atoms with E-state index >= 15 is 0 Å². The Morgan fingerprint density at radius 2 is 2.37 bits per heavy atom. The summed E-state index contributed by atoms with van der Waals surface area (Å²) in [6, 6.07) is 5.64. The number of carbonyl (C=O) groups excluding carboxylic acids is 1. The monoisotopic (exact) mass is 279 g/mol. The lowest BCUT2D eigenvalue weighted by molar-refractivity contribution is -0.115. The van der Waals surface area contributed by atoms with E-state index in [4.69, 9.17) is 5.73 Å². The first kappa shape index (κ1) is 13.6. The predicted molar refractivity (Wildman–Crippen MR) is 73.5 cm³/mol. The van der Waals surface area contributed by atoms with Gasteiger partial charge >= 0.3 is 0 Å². The van der Waals surface area contributed by atoms with Gasteiger partial charge in [-0.15, -0.1) is 11.3 Å². The van der Waals surface area contributed by atoms with Crippen LogP contribution in [-0.2, 0) is 11.2 Å². The minimum Gasteiger partial charge on any atom is -0.326 e. The molecular formula is C13H14FN3OS. The molecule has 1 amide bonds. The summed E-state index contributed by atoms with van der Waals surface area (Å²) in [6.45, 7) is 1.84. The van der Waals surface area contributed by atoms with E-state index < -0.39 is 0 Å². The SMILES string of the molecule is CC(N)c1nc(CC(=O)Nc2cccc(F)c2)cs1. The van der Waals surface area contributed by atoms with Crippen molar-refractivity contribution in [3.05, 3.63) is 46.2 Å². The fourth-order valence-corrected chi connectivity index (χ4v) is 2.33. The highest BCUT2D eigenvalue weighted by Gasteiger charge is 2.10. The smallest absolute Gasteiger partial charge is 0.230 e. The Balaban J connectivity index is 1.97. The van der Waals surface area contributed by atoms with E-state index in [2.05, 4.69) is 10.3 Å².